The number of carboxylic acid groups (broad SMARTS) is 1. The van der Waals surface area contributed by atoms with Crippen LogP contribution < -0.4 is 10.1 Å². The van der Waals surface area contributed by atoms with Crippen molar-refractivity contribution in [2.24, 2.45) is 5.92 Å². The number of aliphatic hydroxyl groups is 1. The number of nitrogens with zero attached hydrogens (tertiary/aromatic N) is 1. The maximum absolute atomic E-state index is 13.3. The molecule has 0 spiro atoms. The van der Waals surface area contributed by atoms with Crippen molar-refractivity contribution in [2.45, 2.75) is 37.3 Å². The molecule has 10 heteroatoms. The van der Waals surface area contributed by atoms with E-state index >= 15 is 0 Å². The van der Waals surface area contributed by atoms with Gasteiger partial charge in [-0.1, -0.05) is 26.0 Å². The highest BCUT2D eigenvalue weighted by molar-refractivity contribution is 7.89. The number of carbonyl (C=O) groups is 1. The van der Waals surface area contributed by atoms with Gasteiger partial charge in [-0.15, -0.1) is 0 Å². The lowest BCUT2D eigenvalue weighted by atomic mass is 10.0. The lowest BCUT2D eigenvalue weighted by molar-refractivity contribution is 0.0980. The molecule has 9 nitrogen and oxygen atoms in total. The first-order valence-electron chi connectivity index (χ1n) is 10.1. The van der Waals surface area contributed by atoms with Gasteiger partial charge in [0.1, 0.15) is 11.5 Å². The number of hydrogen-bond acceptors (Lipinski definition) is 6. The van der Waals surface area contributed by atoms with Crippen LogP contribution in [0.1, 0.15) is 19.4 Å². The Morgan fingerprint density at radius 1 is 1.06 bits per heavy atom. The second-order valence-electron chi connectivity index (χ2n) is 7.89. The molecular formula is C22H30N2O7S. The van der Waals surface area contributed by atoms with Crippen molar-refractivity contribution < 1.29 is 33.3 Å². The molecule has 2 aromatic carbocycles. The predicted octanol–water partition coefficient (Wildman–Crippen LogP) is 2.29. The van der Waals surface area contributed by atoms with Gasteiger partial charge in [-0.05, 0) is 54.3 Å². The molecule has 0 radical (unpaired) electrons. The Balaban J connectivity index is 2.28. The first-order chi connectivity index (χ1) is 15.0. The maximum atomic E-state index is 13.3. The number of benzene rings is 2. The number of amides is 1. The highest BCUT2D eigenvalue weighted by Crippen LogP contribution is 2.22. The Kier molecular flexibility index (Phi) is 8.88. The van der Waals surface area contributed by atoms with Gasteiger partial charge in [0.2, 0.25) is 10.0 Å². The molecule has 0 aromatic heterocycles. The van der Waals surface area contributed by atoms with Crippen molar-refractivity contribution in [2.75, 3.05) is 20.2 Å². The van der Waals surface area contributed by atoms with Crippen LogP contribution in [0.3, 0.4) is 0 Å². The van der Waals surface area contributed by atoms with Crippen LogP contribution in [-0.4, -0.2) is 66.5 Å². The number of rotatable bonds is 11. The fourth-order valence-electron chi connectivity index (χ4n) is 3.24. The maximum Gasteiger partial charge on any atom is 0.404 e. The molecule has 176 valence electrons. The van der Waals surface area contributed by atoms with E-state index in [1.165, 1.54) is 43.5 Å². The van der Waals surface area contributed by atoms with E-state index in [0.717, 1.165) is 4.31 Å². The van der Waals surface area contributed by atoms with Crippen molar-refractivity contribution in [3.05, 3.63) is 54.1 Å². The highest BCUT2D eigenvalue weighted by Gasteiger charge is 2.31. The summed E-state index contributed by atoms with van der Waals surface area (Å²) >= 11 is 0. The zero-order valence-electron chi connectivity index (χ0n) is 18.3. The minimum Gasteiger partial charge on any atom is -0.508 e. The Bertz CT molecular complexity index is 976. The van der Waals surface area contributed by atoms with Gasteiger partial charge in [0, 0.05) is 13.1 Å². The monoisotopic (exact) mass is 466 g/mol. The summed E-state index contributed by atoms with van der Waals surface area (Å²) in [7, 11) is -2.47. The molecule has 0 aliphatic heterocycles. The molecule has 0 fully saturated rings. The summed E-state index contributed by atoms with van der Waals surface area (Å²) in [5.41, 5.74) is 0.675. The van der Waals surface area contributed by atoms with Crippen LogP contribution in [0.2, 0.25) is 0 Å². The zero-order chi connectivity index (χ0) is 23.9. The Hall–Kier alpha value is -2.82. The van der Waals surface area contributed by atoms with Crippen molar-refractivity contribution in [3.63, 3.8) is 0 Å². The fourth-order valence-corrected chi connectivity index (χ4v) is 4.86. The number of phenols is 1. The molecule has 2 aromatic rings. The van der Waals surface area contributed by atoms with Gasteiger partial charge in [0.05, 0.1) is 24.2 Å². The topological polar surface area (TPSA) is 136 Å². The average Bonchev–Trinajstić information content (AvgIpc) is 2.73. The Morgan fingerprint density at radius 3 is 2.16 bits per heavy atom. The molecule has 32 heavy (non-hydrogen) atoms. The highest BCUT2D eigenvalue weighted by atomic mass is 32.2. The molecule has 0 aliphatic rings. The lowest BCUT2D eigenvalue weighted by Crippen LogP contribution is -2.50. The van der Waals surface area contributed by atoms with E-state index in [-0.39, 0.29) is 36.1 Å². The molecular weight excluding hydrogens is 436 g/mol. The van der Waals surface area contributed by atoms with E-state index in [2.05, 4.69) is 5.32 Å². The Morgan fingerprint density at radius 2 is 1.66 bits per heavy atom. The Labute approximate surface area is 188 Å². The number of hydrogen-bond donors (Lipinski definition) is 4. The number of aromatic hydroxyl groups is 1. The molecule has 0 unspecified atom stereocenters. The number of ether oxygens (including phenoxy) is 1. The van der Waals surface area contributed by atoms with Gasteiger partial charge in [-0.3, -0.25) is 0 Å². The summed E-state index contributed by atoms with van der Waals surface area (Å²) < 4.78 is 32.7. The molecule has 0 aliphatic carbocycles. The third-order valence-corrected chi connectivity index (χ3v) is 6.67. The largest absolute Gasteiger partial charge is 0.508 e. The molecule has 0 saturated carbocycles. The summed E-state index contributed by atoms with van der Waals surface area (Å²) in [6, 6.07) is 11.1. The number of phenolic OH excluding ortho intramolecular Hbond substituents is 1. The van der Waals surface area contributed by atoms with E-state index in [1.807, 2.05) is 13.8 Å². The first-order valence-corrected chi connectivity index (χ1v) is 11.6. The van der Waals surface area contributed by atoms with Crippen molar-refractivity contribution >= 4 is 16.1 Å². The molecule has 2 rings (SSSR count). The van der Waals surface area contributed by atoms with Gasteiger partial charge in [0.25, 0.3) is 0 Å². The summed E-state index contributed by atoms with van der Waals surface area (Å²) in [5.74, 6) is 0.544. The van der Waals surface area contributed by atoms with Crippen LogP contribution in [0.4, 0.5) is 4.79 Å². The SMILES string of the molecule is COc1ccc(S(=O)(=O)N(CC(C)C)C[C@@H](O)[C@H](Cc2ccc(O)cc2)NC(=O)O)cc1. The van der Waals surface area contributed by atoms with Crippen LogP contribution >= 0.6 is 0 Å². The number of nitrogens with one attached hydrogen (secondary N) is 1. The van der Waals surface area contributed by atoms with E-state index in [0.29, 0.717) is 11.3 Å². The van der Waals surface area contributed by atoms with Crippen LogP contribution in [0, 0.1) is 5.92 Å². The average molecular weight is 467 g/mol. The van der Waals surface area contributed by atoms with E-state index in [4.69, 9.17) is 4.74 Å². The van der Waals surface area contributed by atoms with Crippen molar-refractivity contribution in [1.82, 2.24) is 9.62 Å². The van der Waals surface area contributed by atoms with E-state index in [1.54, 1.807) is 12.1 Å². The molecule has 0 saturated heterocycles. The fraction of sp³-hybridized carbons (Fsp3) is 0.409. The minimum absolute atomic E-state index is 0.0294. The third kappa shape index (κ3) is 7.11. The quantitative estimate of drug-likeness (QED) is 0.399. The van der Waals surface area contributed by atoms with Gasteiger partial charge in [-0.2, -0.15) is 4.31 Å². The second-order valence-corrected chi connectivity index (χ2v) is 9.82. The molecule has 2 atom stereocenters. The number of aliphatic hydroxyl groups excluding tert-OH is 1. The summed E-state index contributed by atoms with van der Waals surface area (Å²) in [6.07, 6.45) is -2.53. The predicted molar refractivity (Wildman–Crippen MR) is 119 cm³/mol. The van der Waals surface area contributed by atoms with E-state index in [9.17, 15) is 28.5 Å². The standard InChI is InChI=1S/C22H30N2O7S/c1-15(2)13-24(32(29,30)19-10-8-18(31-3)9-11-19)14-21(26)20(23-22(27)28)12-16-4-6-17(25)7-5-16/h4-11,15,20-21,23,25-26H,12-14H2,1-3H3,(H,27,28)/t20-,21+/m0/s1. The second kappa shape index (κ2) is 11.2. The summed E-state index contributed by atoms with van der Waals surface area (Å²) in [5, 5.41) is 31.8. The van der Waals surface area contributed by atoms with Crippen molar-refractivity contribution in [3.8, 4) is 11.5 Å². The van der Waals surface area contributed by atoms with Crippen LogP contribution in [0.25, 0.3) is 0 Å². The lowest BCUT2D eigenvalue weighted by Gasteiger charge is -2.30. The first kappa shape index (κ1) is 25.4. The zero-order valence-corrected chi connectivity index (χ0v) is 19.1. The summed E-state index contributed by atoms with van der Waals surface area (Å²) in [6.45, 7) is 3.55. The number of sulfonamides is 1. The summed E-state index contributed by atoms with van der Waals surface area (Å²) in [4.78, 5) is 11.3. The molecule has 0 heterocycles. The molecule has 1 amide bonds. The van der Waals surface area contributed by atoms with Gasteiger partial charge >= 0.3 is 6.09 Å². The van der Waals surface area contributed by atoms with Crippen LogP contribution in [0.5, 0.6) is 11.5 Å². The molecule has 0 bridgehead atoms. The minimum atomic E-state index is -3.95. The smallest absolute Gasteiger partial charge is 0.404 e. The molecule has 4 N–H and O–H groups in total. The van der Waals surface area contributed by atoms with Gasteiger partial charge in [-0.25, -0.2) is 13.2 Å². The van der Waals surface area contributed by atoms with E-state index < -0.39 is 28.3 Å². The van der Waals surface area contributed by atoms with Crippen LogP contribution in [0.15, 0.2) is 53.4 Å². The van der Waals surface area contributed by atoms with Gasteiger partial charge < -0.3 is 25.4 Å². The van der Waals surface area contributed by atoms with Crippen molar-refractivity contribution in [1.29, 1.82) is 0 Å². The normalized spacial score (nSPS) is 13.7. The van der Waals surface area contributed by atoms with Gasteiger partial charge in [0.15, 0.2) is 0 Å². The third-order valence-electron chi connectivity index (χ3n) is 4.82. The van der Waals surface area contributed by atoms with Crippen LogP contribution in [-0.2, 0) is 16.4 Å². The number of methoxy groups -OCH3 is 1.